The van der Waals surface area contributed by atoms with Crippen LogP contribution in [0.1, 0.15) is 31.4 Å². The number of benzene rings is 1. The Hall–Kier alpha value is -2.07. The van der Waals surface area contributed by atoms with Crippen molar-refractivity contribution in [2.24, 2.45) is 0 Å². The maximum atomic E-state index is 5.99. The molecular weight excluding hydrogens is 274 g/mol. The molecule has 2 N–H and O–H groups in total. The number of rotatable bonds is 4. The van der Waals surface area contributed by atoms with E-state index in [0.717, 1.165) is 11.3 Å². The zero-order valence-electron chi connectivity index (χ0n) is 13.2. The van der Waals surface area contributed by atoms with Crippen LogP contribution < -0.4 is 10.5 Å². The summed E-state index contributed by atoms with van der Waals surface area (Å²) in [6, 6.07) is 10.7. The third kappa shape index (κ3) is 2.79. The summed E-state index contributed by atoms with van der Waals surface area (Å²) in [5, 5.41) is 0. The van der Waals surface area contributed by atoms with E-state index in [1.54, 1.807) is 19.4 Å². The first kappa shape index (κ1) is 14.9. The fraction of sp³-hybridized carbons (Fsp3) is 0.389. The van der Waals surface area contributed by atoms with Crippen molar-refractivity contribution in [3.05, 3.63) is 42.1 Å². The number of hydrogen-bond donors (Lipinski definition) is 1. The van der Waals surface area contributed by atoms with Crippen LogP contribution >= 0.6 is 0 Å². The van der Waals surface area contributed by atoms with Crippen LogP contribution in [0, 0.1) is 0 Å². The van der Waals surface area contributed by atoms with Gasteiger partial charge < -0.3 is 10.5 Å². The normalized spacial score (nSPS) is 16.6. The van der Waals surface area contributed by atoms with Gasteiger partial charge in [-0.3, -0.25) is 9.88 Å². The van der Waals surface area contributed by atoms with Gasteiger partial charge in [0, 0.05) is 17.8 Å². The van der Waals surface area contributed by atoms with Gasteiger partial charge in [-0.15, -0.1) is 0 Å². The van der Waals surface area contributed by atoms with Gasteiger partial charge >= 0.3 is 0 Å². The molecule has 1 aliphatic heterocycles. The molecular formula is C18H23N3O. The van der Waals surface area contributed by atoms with E-state index in [9.17, 15) is 0 Å². The molecule has 4 nitrogen and oxygen atoms in total. The van der Waals surface area contributed by atoms with E-state index in [1.165, 1.54) is 31.5 Å². The smallest absolute Gasteiger partial charge is 0.167 e. The van der Waals surface area contributed by atoms with E-state index >= 15 is 0 Å². The van der Waals surface area contributed by atoms with E-state index in [1.807, 2.05) is 0 Å². The number of nitrogens with zero attached hydrogens (tertiary/aromatic N) is 2. The number of pyridine rings is 1. The van der Waals surface area contributed by atoms with Crippen molar-refractivity contribution in [3.8, 4) is 17.0 Å². The molecule has 1 fully saturated rings. The molecule has 0 bridgehead atoms. The van der Waals surface area contributed by atoms with Crippen LogP contribution in [0.3, 0.4) is 0 Å². The number of methoxy groups -OCH3 is 1. The predicted octanol–water partition coefficient (Wildman–Crippen LogP) is 3.50. The number of nitrogen functional groups attached to an aromatic ring is 1. The molecule has 0 aliphatic carbocycles. The maximum absolute atomic E-state index is 5.99. The Morgan fingerprint density at radius 1 is 1.23 bits per heavy atom. The molecule has 0 amide bonds. The number of hydrogen-bond acceptors (Lipinski definition) is 4. The number of anilines is 1. The first-order valence-corrected chi connectivity index (χ1v) is 7.83. The molecule has 0 saturated carbocycles. The van der Waals surface area contributed by atoms with E-state index in [0.29, 0.717) is 17.5 Å². The minimum atomic E-state index is 0.425. The van der Waals surface area contributed by atoms with Crippen molar-refractivity contribution in [3.63, 3.8) is 0 Å². The number of ether oxygens (including phenoxy) is 1. The minimum absolute atomic E-state index is 0.425. The molecule has 0 radical (unpaired) electrons. The molecule has 2 heterocycles. The average molecular weight is 297 g/mol. The lowest BCUT2D eigenvalue weighted by molar-refractivity contribution is 0.263. The average Bonchev–Trinajstić information content (AvgIpc) is 3.08. The summed E-state index contributed by atoms with van der Waals surface area (Å²) < 4.78 is 5.43. The summed E-state index contributed by atoms with van der Waals surface area (Å²) in [6.07, 6.45) is 4.33. The highest BCUT2D eigenvalue weighted by Crippen LogP contribution is 2.34. The lowest BCUT2D eigenvalue weighted by Gasteiger charge is -2.24. The van der Waals surface area contributed by atoms with Gasteiger partial charge in [0.05, 0.1) is 12.8 Å². The van der Waals surface area contributed by atoms with Gasteiger partial charge in [-0.25, -0.2) is 0 Å². The summed E-state index contributed by atoms with van der Waals surface area (Å²) in [6.45, 7) is 4.64. The summed E-state index contributed by atoms with van der Waals surface area (Å²) in [4.78, 5) is 6.99. The first-order chi connectivity index (χ1) is 10.7. The van der Waals surface area contributed by atoms with Gasteiger partial charge in [0.2, 0.25) is 0 Å². The molecule has 4 heteroatoms. The Balaban J connectivity index is 1.96. The summed E-state index contributed by atoms with van der Waals surface area (Å²) in [7, 11) is 1.63. The quantitative estimate of drug-likeness (QED) is 0.938. The van der Waals surface area contributed by atoms with Crippen LogP contribution in [0.4, 0.5) is 5.69 Å². The Labute approximate surface area is 131 Å². The van der Waals surface area contributed by atoms with Gasteiger partial charge in [0.1, 0.15) is 5.69 Å². The van der Waals surface area contributed by atoms with Gasteiger partial charge in [0.25, 0.3) is 0 Å². The van der Waals surface area contributed by atoms with Gasteiger partial charge in [-0.2, -0.15) is 0 Å². The van der Waals surface area contributed by atoms with Gasteiger partial charge in [0.15, 0.2) is 5.75 Å². The van der Waals surface area contributed by atoms with E-state index in [4.69, 9.17) is 10.5 Å². The highest BCUT2D eigenvalue weighted by molar-refractivity contribution is 5.73. The number of nitrogens with two attached hydrogens (primary N) is 1. The second kappa shape index (κ2) is 6.36. The highest BCUT2D eigenvalue weighted by atomic mass is 16.5. The van der Waals surface area contributed by atoms with Crippen molar-refractivity contribution in [2.75, 3.05) is 25.9 Å². The van der Waals surface area contributed by atoms with Crippen molar-refractivity contribution in [1.29, 1.82) is 0 Å². The Kier molecular flexibility index (Phi) is 4.29. The molecule has 3 rings (SSSR count). The summed E-state index contributed by atoms with van der Waals surface area (Å²) >= 11 is 0. The van der Waals surface area contributed by atoms with Crippen molar-refractivity contribution in [2.45, 2.75) is 25.8 Å². The fourth-order valence-electron chi connectivity index (χ4n) is 3.17. The van der Waals surface area contributed by atoms with E-state index < -0.39 is 0 Å². The monoisotopic (exact) mass is 297 g/mol. The molecule has 116 valence electrons. The van der Waals surface area contributed by atoms with Crippen LogP contribution in [0.25, 0.3) is 11.3 Å². The number of aromatic nitrogens is 1. The molecule has 1 aromatic heterocycles. The standard InChI is InChI=1S/C18H23N3O/c1-13(21-10-3-4-11-21)14-6-5-7-15(12-14)17-18(22-2)16(19)8-9-20-17/h5-9,12-13H,3-4,10-11H2,1-2H3,(H2,19,20)/t13-/m0/s1. The lowest BCUT2D eigenvalue weighted by Crippen LogP contribution is -2.23. The van der Waals surface area contributed by atoms with E-state index in [2.05, 4.69) is 41.1 Å². The predicted molar refractivity (Wildman–Crippen MR) is 89.9 cm³/mol. The second-order valence-electron chi connectivity index (χ2n) is 5.83. The summed E-state index contributed by atoms with van der Waals surface area (Å²) in [5.41, 5.74) is 9.77. The SMILES string of the molecule is COc1c(N)ccnc1-c1cccc([C@H](C)N2CCCC2)c1. The highest BCUT2D eigenvalue weighted by Gasteiger charge is 2.20. The van der Waals surface area contributed by atoms with E-state index in [-0.39, 0.29) is 0 Å². The van der Waals surface area contributed by atoms with Crippen LogP contribution in [0.2, 0.25) is 0 Å². The minimum Gasteiger partial charge on any atom is -0.492 e. The van der Waals surface area contributed by atoms with Crippen LogP contribution in [-0.4, -0.2) is 30.1 Å². The zero-order chi connectivity index (χ0) is 15.5. The summed E-state index contributed by atoms with van der Waals surface area (Å²) in [5.74, 6) is 0.647. The van der Waals surface area contributed by atoms with Crippen LogP contribution in [-0.2, 0) is 0 Å². The second-order valence-corrected chi connectivity index (χ2v) is 5.83. The molecule has 2 aromatic rings. The third-order valence-electron chi connectivity index (χ3n) is 4.47. The van der Waals surface area contributed by atoms with Crippen LogP contribution in [0.15, 0.2) is 36.5 Å². The molecule has 0 unspecified atom stereocenters. The maximum Gasteiger partial charge on any atom is 0.167 e. The molecule has 1 aromatic carbocycles. The largest absolute Gasteiger partial charge is 0.492 e. The van der Waals surface area contributed by atoms with Crippen molar-refractivity contribution >= 4 is 5.69 Å². The number of likely N-dealkylation sites (tertiary alicyclic amines) is 1. The molecule has 1 atom stereocenters. The third-order valence-corrected chi connectivity index (χ3v) is 4.47. The fourth-order valence-corrected chi connectivity index (χ4v) is 3.17. The van der Waals surface area contributed by atoms with Crippen molar-refractivity contribution < 1.29 is 4.74 Å². The Bertz CT molecular complexity index is 651. The Morgan fingerprint density at radius 2 is 2.00 bits per heavy atom. The molecule has 22 heavy (non-hydrogen) atoms. The zero-order valence-corrected chi connectivity index (χ0v) is 13.2. The topological polar surface area (TPSA) is 51.4 Å². The van der Waals surface area contributed by atoms with Gasteiger partial charge in [-0.05, 0) is 50.6 Å². The lowest BCUT2D eigenvalue weighted by atomic mass is 10.0. The van der Waals surface area contributed by atoms with Gasteiger partial charge in [-0.1, -0.05) is 18.2 Å². The Morgan fingerprint density at radius 3 is 2.73 bits per heavy atom. The van der Waals surface area contributed by atoms with Crippen LogP contribution in [0.5, 0.6) is 5.75 Å². The first-order valence-electron chi connectivity index (χ1n) is 7.83. The molecule has 1 saturated heterocycles. The van der Waals surface area contributed by atoms with Crippen molar-refractivity contribution in [1.82, 2.24) is 9.88 Å². The molecule has 0 spiro atoms. The molecule has 1 aliphatic rings.